The minimum atomic E-state index is -0.713. The van der Waals surface area contributed by atoms with Crippen LogP contribution >= 0.6 is 22.7 Å². The highest BCUT2D eigenvalue weighted by atomic mass is 32.1. The number of aromatic nitrogens is 2. The van der Waals surface area contributed by atoms with Crippen molar-refractivity contribution in [2.45, 2.75) is 26.2 Å². The van der Waals surface area contributed by atoms with Crippen molar-refractivity contribution >= 4 is 44.7 Å². The molecular weight excluding hydrogens is 440 g/mol. The number of amides is 2. The van der Waals surface area contributed by atoms with E-state index in [0.29, 0.717) is 22.5 Å². The number of nitrogens with zero attached hydrogens (tertiary/aromatic N) is 2. The van der Waals surface area contributed by atoms with Gasteiger partial charge < -0.3 is 15.1 Å². The Morgan fingerprint density at radius 1 is 0.903 bits per heavy atom. The Labute approximate surface area is 183 Å². The maximum atomic E-state index is 13.0. The number of hydrogen-bond donors (Lipinski definition) is 2. The van der Waals surface area contributed by atoms with Gasteiger partial charge in [0.25, 0.3) is 5.56 Å². The molecule has 4 heterocycles. The van der Waals surface area contributed by atoms with Gasteiger partial charge in [0.1, 0.15) is 23.5 Å². The summed E-state index contributed by atoms with van der Waals surface area (Å²) in [6, 6.07) is 8.79. The average molecular weight is 459 g/mol. The molecule has 0 saturated carbocycles. The Balaban J connectivity index is 1.55. The molecule has 4 rings (SSSR count). The lowest BCUT2D eigenvalue weighted by Gasteiger charge is -2.12. The Morgan fingerprint density at radius 3 is 2.39 bits per heavy atom. The van der Waals surface area contributed by atoms with Gasteiger partial charge in [0.05, 0.1) is 24.9 Å². The lowest BCUT2D eigenvalue weighted by atomic mass is 10.4. The summed E-state index contributed by atoms with van der Waals surface area (Å²) in [6.07, 6.45) is 1.50. The number of nitrogens with one attached hydrogen (secondary N) is 2. The van der Waals surface area contributed by atoms with Gasteiger partial charge >= 0.3 is 5.69 Å². The molecule has 0 aliphatic heterocycles. The predicted octanol–water partition coefficient (Wildman–Crippen LogP) is 1.51. The highest BCUT2D eigenvalue weighted by Gasteiger charge is 2.18. The number of thiophene rings is 2. The molecule has 9 nitrogen and oxygen atoms in total. The van der Waals surface area contributed by atoms with Gasteiger partial charge in [0.2, 0.25) is 11.8 Å². The van der Waals surface area contributed by atoms with E-state index < -0.39 is 29.6 Å². The minimum Gasteiger partial charge on any atom is -0.467 e. The molecule has 0 atom stereocenters. The van der Waals surface area contributed by atoms with Gasteiger partial charge in [-0.15, -0.1) is 22.7 Å². The summed E-state index contributed by atoms with van der Waals surface area (Å²) in [5, 5.41) is 8.94. The second-order valence-corrected chi connectivity index (χ2v) is 8.56. The maximum Gasteiger partial charge on any atom is 0.332 e. The van der Waals surface area contributed by atoms with E-state index in [9.17, 15) is 19.2 Å². The summed E-state index contributed by atoms with van der Waals surface area (Å²) in [7, 11) is 0. The van der Waals surface area contributed by atoms with E-state index in [-0.39, 0.29) is 13.1 Å². The van der Waals surface area contributed by atoms with E-state index in [2.05, 4.69) is 10.6 Å². The average Bonchev–Trinajstić information content (AvgIpc) is 3.53. The lowest BCUT2D eigenvalue weighted by Crippen LogP contribution is -2.45. The fourth-order valence-electron chi connectivity index (χ4n) is 3.02. The molecule has 31 heavy (non-hydrogen) atoms. The molecule has 11 heteroatoms. The smallest absolute Gasteiger partial charge is 0.332 e. The summed E-state index contributed by atoms with van der Waals surface area (Å²) >= 11 is 2.65. The van der Waals surface area contributed by atoms with E-state index in [1.807, 2.05) is 17.5 Å². The quantitative estimate of drug-likeness (QED) is 0.415. The molecule has 0 fully saturated rings. The third-order valence-electron chi connectivity index (χ3n) is 4.52. The Hall–Kier alpha value is -3.44. The van der Waals surface area contributed by atoms with Gasteiger partial charge in [-0.25, -0.2) is 9.36 Å². The van der Waals surface area contributed by atoms with E-state index in [1.165, 1.54) is 22.2 Å². The maximum absolute atomic E-state index is 13.0. The number of rotatable bonds is 8. The first-order valence-corrected chi connectivity index (χ1v) is 11.1. The molecular formula is C20H18N4O5S2. The summed E-state index contributed by atoms with van der Waals surface area (Å²) in [5.74, 6) is -0.301. The summed E-state index contributed by atoms with van der Waals surface area (Å²) in [5.41, 5.74) is -0.896. The zero-order valence-corrected chi connectivity index (χ0v) is 17.8. The van der Waals surface area contributed by atoms with Gasteiger partial charge in [-0.05, 0) is 35.0 Å². The summed E-state index contributed by atoms with van der Waals surface area (Å²) < 4.78 is 7.55. The second kappa shape index (κ2) is 9.14. The molecule has 4 aromatic rings. The van der Waals surface area contributed by atoms with Crippen LogP contribution in [0.15, 0.2) is 61.4 Å². The van der Waals surface area contributed by atoms with Crippen LogP contribution in [0.2, 0.25) is 0 Å². The van der Waals surface area contributed by atoms with Crippen LogP contribution < -0.4 is 21.9 Å². The fourth-order valence-corrected chi connectivity index (χ4v) is 4.51. The Bertz CT molecular complexity index is 1320. The number of carbonyl (C=O) groups is 2. The molecule has 160 valence electrons. The van der Waals surface area contributed by atoms with Crippen LogP contribution in [0, 0.1) is 0 Å². The van der Waals surface area contributed by atoms with Crippen molar-refractivity contribution in [2.75, 3.05) is 0 Å². The largest absolute Gasteiger partial charge is 0.467 e. The summed E-state index contributed by atoms with van der Waals surface area (Å²) in [6.45, 7) is -0.219. The topological polar surface area (TPSA) is 115 Å². The molecule has 2 amide bonds. The molecule has 4 aromatic heterocycles. The van der Waals surface area contributed by atoms with E-state index >= 15 is 0 Å². The van der Waals surface area contributed by atoms with Gasteiger partial charge in [-0.2, -0.15) is 0 Å². The molecule has 0 saturated heterocycles. The van der Waals surface area contributed by atoms with Crippen molar-refractivity contribution in [3.63, 3.8) is 0 Å². The first-order chi connectivity index (χ1) is 15.0. The third kappa shape index (κ3) is 4.67. The minimum absolute atomic E-state index is 0.179. The number of furan rings is 1. The summed E-state index contributed by atoms with van der Waals surface area (Å²) in [4.78, 5) is 51.5. The van der Waals surface area contributed by atoms with Gasteiger partial charge in [0.15, 0.2) is 0 Å². The third-order valence-corrected chi connectivity index (χ3v) is 6.29. The van der Waals surface area contributed by atoms with Crippen molar-refractivity contribution in [3.8, 4) is 0 Å². The molecule has 0 spiro atoms. The molecule has 0 bridgehead atoms. The zero-order chi connectivity index (χ0) is 21.8. The Morgan fingerprint density at radius 2 is 1.68 bits per heavy atom. The van der Waals surface area contributed by atoms with Crippen LogP contribution in [0.4, 0.5) is 0 Å². The van der Waals surface area contributed by atoms with Gasteiger partial charge in [0, 0.05) is 4.88 Å². The standard InChI is InChI=1S/C20H18N4O5S2/c25-16(21-9-13-3-1-6-29-13)11-23-15-5-8-31-18(15)19(27)24(20(23)28)12-17(26)22-10-14-4-2-7-30-14/h1-8H,9-12H2,(H,21,25)(H,22,26). The predicted molar refractivity (Wildman–Crippen MR) is 117 cm³/mol. The number of hydrogen-bond acceptors (Lipinski definition) is 7. The first kappa shape index (κ1) is 20.8. The van der Waals surface area contributed by atoms with E-state index in [4.69, 9.17) is 4.42 Å². The van der Waals surface area contributed by atoms with Crippen LogP contribution in [0.1, 0.15) is 10.6 Å². The first-order valence-electron chi connectivity index (χ1n) is 9.32. The second-order valence-electron chi connectivity index (χ2n) is 6.61. The van der Waals surface area contributed by atoms with Crippen LogP contribution in [-0.4, -0.2) is 20.9 Å². The van der Waals surface area contributed by atoms with Crippen LogP contribution in [0.3, 0.4) is 0 Å². The number of carbonyl (C=O) groups excluding carboxylic acids is 2. The molecule has 0 aromatic carbocycles. The monoisotopic (exact) mass is 458 g/mol. The van der Waals surface area contributed by atoms with E-state index in [0.717, 1.165) is 20.8 Å². The molecule has 0 unspecified atom stereocenters. The Kier molecular flexibility index (Phi) is 6.14. The van der Waals surface area contributed by atoms with Crippen LogP contribution in [-0.2, 0) is 35.8 Å². The van der Waals surface area contributed by atoms with Crippen LogP contribution in [0.25, 0.3) is 10.2 Å². The van der Waals surface area contributed by atoms with Crippen molar-refractivity contribution in [3.05, 3.63) is 78.8 Å². The van der Waals surface area contributed by atoms with Gasteiger partial charge in [-0.1, -0.05) is 6.07 Å². The van der Waals surface area contributed by atoms with E-state index in [1.54, 1.807) is 23.6 Å². The highest BCUT2D eigenvalue weighted by molar-refractivity contribution is 7.17. The van der Waals surface area contributed by atoms with Crippen molar-refractivity contribution in [1.29, 1.82) is 0 Å². The normalized spacial score (nSPS) is 11.0. The van der Waals surface area contributed by atoms with Crippen LogP contribution in [0.5, 0.6) is 0 Å². The number of fused-ring (bicyclic) bond motifs is 1. The molecule has 2 N–H and O–H groups in total. The zero-order valence-electron chi connectivity index (χ0n) is 16.2. The van der Waals surface area contributed by atoms with Crippen molar-refractivity contribution < 1.29 is 14.0 Å². The fraction of sp³-hybridized carbons (Fsp3) is 0.200. The highest BCUT2D eigenvalue weighted by Crippen LogP contribution is 2.15. The van der Waals surface area contributed by atoms with Gasteiger partial charge in [-0.3, -0.25) is 19.0 Å². The molecule has 0 radical (unpaired) electrons. The molecule has 0 aliphatic rings. The lowest BCUT2D eigenvalue weighted by molar-refractivity contribution is -0.122. The van der Waals surface area contributed by atoms with Crippen molar-refractivity contribution in [2.24, 2.45) is 0 Å². The van der Waals surface area contributed by atoms with Crippen molar-refractivity contribution in [1.82, 2.24) is 19.8 Å². The SMILES string of the molecule is O=C(Cn1c(=O)c2sccc2n(CC(=O)NCc2ccco2)c1=O)NCc1cccs1. The molecule has 0 aliphatic carbocycles.